The molecule has 8 nitrogen and oxygen atoms in total. The Bertz CT molecular complexity index is 1030. The van der Waals surface area contributed by atoms with Crippen LogP contribution in [0.1, 0.15) is 56.0 Å². The number of anilines is 1. The molecule has 0 unspecified atom stereocenters. The lowest BCUT2D eigenvalue weighted by Crippen LogP contribution is -2.38. The van der Waals surface area contributed by atoms with Crippen molar-refractivity contribution < 1.29 is 23.9 Å². The first-order valence-corrected chi connectivity index (χ1v) is 12.2. The van der Waals surface area contributed by atoms with Gasteiger partial charge in [0.1, 0.15) is 0 Å². The molecular weight excluding hydrogens is 446 g/mol. The Hall–Kier alpha value is -3.55. The average Bonchev–Trinajstić information content (AvgIpc) is 2.87. The largest absolute Gasteiger partial charge is 0.490 e. The summed E-state index contributed by atoms with van der Waals surface area (Å²) in [5.41, 5.74) is 1.98. The predicted octanol–water partition coefficient (Wildman–Crippen LogP) is 4.00. The van der Waals surface area contributed by atoms with E-state index in [0.717, 1.165) is 37.9 Å². The van der Waals surface area contributed by atoms with Crippen LogP contribution in [0.3, 0.4) is 0 Å². The number of amides is 3. The zero-order valence-electron chi connectivity index (χ0n) is 20.8. The third-order valence-corrected chi connectivity index (χ3v) is 5.74. The number of ether oxygens (including phenoxy) is 2. The highest BCUT2D eigenvalue weighted by Gasteiger charge is 2.18. The fourth-order valence-electron chi connectivity index (χ4n) is 3.74. The van der Waals surface area contributed by atoms with Crippen LogP contribution in [0.15, 0.2) is 42.5 Å². The van der Waals surface area contributed by atoms with Gasteiger partial charge in [-0.2, -0.15) is 0 Å². The van der Waals surface area contributed by atoms with Gasteiger partial charge in [0, 0.05) is 36.8 Å². The third kappa shape index (κ3) is 7.73. The van der Waals surface area contributed by atoms with E-state index in [0.29, 0.717) is 35.9 Å². The minimum Gasteiger partial charge on any atom is -0.490 e. The zero-order valence-corrected chi connectivity index (χ0v) is 20.8. The van der Waals surface area contributed by atoms with Crippen LogP contribution in [0, 0.1) is 5.92 Å². The van der Waals surface area contributed by atoms with Gasteiger partial charge in [0.15, 0.2) is 18.1 Å². The lowest BCUT2D eigenvalue weighted by Gasteiger charge is -2.26. The van der Waals surface area contributed by atoms with E-state index in [1.54, 1.807) is 18.2 Å². The van der Waals surface area contributed by atoms with Crippen LogP contribution in [-0.2, 0) is 16.1 Å². The molecule has 0 atom stereocenters. The standard InChI is InChI=1S/C27H35N3O5/c1-4-34-24-16-21(11-12-23(24)35-18-25(31)30-13-6-5-7-14-30)27(33)28-17-20-9-8-10-22(15-20)29-26(32)19(2)3/h8-12,15-16,19H,4-7,13-14,17-18H2,1-3H3,(H,28,33)(H,29,32). The van der Waals surface area contributed by atoms with Gasteiger partial charge in [-0.25, -0.2) is 0 Å². The van der Waals surface area contributed by atoms with Crippen molar-refractivity contribution in [3.8, 4) is 11.5 Å². The maximum Gasteiger partial charge on any atom is 0.260 e. The number of benzene rings is 2. The van der Waals surface area contributed by atoms with E-state index in [2.05, 4.69) is 10.6 Å². The Morgan fingerprint density at radius 1 is 0.971 bits per heavy atom. The summed E-state index contributed by atoms with van der Waals surface area (Å²) < 4.78 is 11.4. The predicted molar refractivity (Wildman–Crippen MR) is 135 cm³/mol. The molecule has 2 aromatic rings. The van der Waals surface area contributed by atoms with Crippen LogP contribution in [0.25, 0.3) is 0 Å². The van der Waals surface area contributed by atoms with Crippen molar-refractivity contribution in [3.63, 3.8) is 0 Å². The molecular formula is C27H35N3O5. The van der Waals surface area contributed by atoms with Crippen molar-refractivity contribution in [2.24, 2.45) is 5.92 Å². The molecule has 0 saturated carbocycles. The topological polar surface area (TPSA) is 97.0 Å². The van der Waals surface area contributed by atoms with Crippen molar-refractivity contribution in [3.05, 3.63) is 53.6 Å². The van der Waals surface area contributed by atoms with Gasteiger partial charge in [0.05, 0.1) is 6.61 Å². The molecule has 0 aliphatic carbocycles. The molecule has 1 fully saturated rings. The van der Waals surface area contributed by atoms with Gasteiger partial charge in [-0.3, -0.25) is 14.4 Å². The van der Waals surface area contributed by atoms with Crippen molar-refractivity contribution in [1.29, 1.82) is 0 Å². The van der Waals surface area contributed by atoms with Gasteiger partial charge in [-0.05, 0) is 62.1 Å². The first-order chi connectivity index (χ1) is 16.9. The van der Waals surface area contributed by atoms with E-state index in [1.165, 1.54) is 0 Å². The summed E-state index contributed by atoms with van der Waals surface area (Å²) >= 11 is 0. The monoisotopic (exact) mass is 481 g/mol. The Balaban J connectivity index is 1.60. The smallest absolute Gasteiger partial charge is 0.260 e. The summed E-state index contributed by atoms with van der Waals surface area (Å²) in [7, 11) is 0. The number of likely N-dealkylation sites (tertiary alicyclic amines) is 1. The molecule has 2 N–H and O–H groups in total. The van der Waals surface area contributed by atoms with E-state index >= 15 is 0 Å². The van der Waals surface area contributed by atoms with Gasteiger partial charge in [-0.1, -0.05) is 26.0 Å². The van der Waals surface area contributed by atoms with E-state index in [9.17, 15) is 14.4 Å². The number of nitrogens with zero attached hydrogens (tertiary/aromatic N) is 1. The maximum absolute atomic E-state index is 12.8. The number of nitrogens with one attached hydrogen (secondary N) is 2. The summed E-state index contributed by atoms with van der Waals surface area (Å²) in [5, 5.41) is 5.75. The first kappa shape index (κ1) is 26.1. The fraction of sp³-hybridized carbons (Fsp3) is 0.444. The first-order valence-electron chi connectivity index (χ1n) is 12.2. The Morgan fingerprint density at radius 2 is 1.74 bits per heavy atom. The van der Waals surface area contributed by atoms with Gasteiger partial charge < -0.3 is 25.0 Å². The Morgan fingerprint density at radius 3 is 2.46 bits per heavy atom. The van der Waals surface area contributed by atoms with Crippen LogP contribution in [0.4, 0.5) is 5.69 Å². The van der Waals surface area contributed by atoms with Crippen LogP contribution < -0.4 is 20.1 Å². The summed E-state index contributed by atoms with van der Waals surface area (Å²) in [6.07, 6.45) is 3.20. The lowest BCUT2D eigenvalue weighted by atomic mass is 10.1. The van der Waals surface area contributed by atoms with E-state index in [1.807, 2.05) is 49.9 Å². The van der Waals surface area contributed by atoms with E-state index in [4.69, 9.17) is 9.47 Å². The second kappa shape index (κ2) is 12.8. The van der Waals surface area contributed by atoms with Crippen LogP contribution in [0.5, 0.6) is 11.5 Å². The summed E-state index contributed by atoms with van der Waals surface area (Å²) in [6, 6.07) is 12.3. The van der Waals surface area contributed by atoms with Crippen LogP contribution in [0.2, 0.25) is 0 Å². The minimum absolute atomic E-state index is 0.0409. The normalized spacial score (nSPS) is 13.3. The fourth-order valence-corrected chi connectivity index (χ4v) is 3.74. The Labute approximate surface area is 207 Å². The highest BCUT2D eigenvalue weighted by Crippen LogP contribution is 2.29. The number of rotatable bonds is 10. The molecule has 3 rings (SSSR count). The molecule has 1 saturated heterocycles. The molecule has 8 heteroatoms. The number of carbonyl (C=O) groups is 3. The van der Waals surface area contributed by atoms with Crippen LogP contribution in [-0.4, -0.2) is 48.9 Å². The van der Waals surface area contributed by atoms with Gasteiger partial charge in [0.25, 0.3) is 11.8 Å². The SMILES string of the molecule is CCOc1cc(C(=O)NCc2cccc(NC(=O)C(C)C)c2)ccc1OCC(=O)N1CCCCC1. The van der Waals surface area contributed by atoms with Crippen molar-refractivity contribution in [2.45, 2.75) is 46.6 Å². The lowest BCUT2D eigenvalue weighted by molar-refractivity contribution is -0.134. The highest BCUT2D eigenvalue weighted by atomic mass is 16.5. The van der Waals surface area contributed by atoms with Crippen molar-refractivity contribution >= 4 is 23.4 Å². The van der Waals surface area contributed by atoms with Gasteiger partial charge >= 0.3 is 0 Å². The van der Waals surface area contributed by atoms with Gasteiger partial charge in [-0.15, -0.1) is 0 Å². The summed E-state index contributed by atoms with van der Waals surface area (Å²) in [4.78, 5) is 39.0. The molecule has 1 aliphatic rings. The number of hydrogen-bond donors (Lipinski definition) is 2. The minimum atomic E-state index is -0.265. The van der Waals surface area contributed by atoms with Crippen molar-refractivity contribution in [1.82, 2.24) is 10.2 Å². The molecule has 188 valence electrons. The summed E-state index contributed by atoms with van der Waals surface area (Å²) in [5.74, 6) is 0.369. The Kier molecular flexibility index (Phi) is 9.52. The highest BCUT2D eigenvalue weighted by molar-refractivity contribution is 5.95. The van der Waals surface area contributed by atoms with Crippen LogP contribution >= 0.6 is 0 Å². The molecule has 1 aliphatic heterocycles. The molecule has 1 heterocycles. The third-order valence-electron chi connectivity index (χ3n) is 5.74. The van der Waals surface area contributed by atoms with Crippen molar-refractivity contribution in [2.75, 3.05) is 31.6 Å². The molecule has 0 aromatic heterocycles. The number of piperidine rings is 1. The second-order valence-electron chi connectivity index (χ2n) is 8.85. The molecule has 3 amide bonds. The molecule has 2 aromatic carbocycles. The van der Waals surface area contributed by atoms with E-state index in [-0.39, 0.29) is 30.2 Å². The molecule has 0 bridgehead atoms. The quantitative estimate of drug-likeness (QED) is 0.535. The summed E-state index contributed by atoms with van der Waals surface area (Å²) in [6.45, 7) is 7.69. The maximum atomic E-state index is 12.8. The number of carbonyl (C=O) groups excluding carboxylic acids is 3. The average molecular weight is 482 g/mol. The molecule has 35 heavy (non-hydrogen) atoms. The van der Waals surface area contributed by atoms with Gasteiger partial charge in [0.2, 0.25) is 5.91 Å². The van der Waals surface area contributed by atoms with E-state index < -0.39 is 0 Å². The molecule has 0 radical (unpaired) electrons. The molecule has 0 spiro atoms. The second-order valence-corrected chi connectivity index (χ2v) is 8.85. The zero-order chi connectivity index (χ0) is 25.2. The number of hydrogen-bond acceptors (Lipinski definition) is 5.